The Balaban J connectivity index is 1.38. The molecule has 0 fully saturated rings. The van der Waals surface area contributed by atoms with E-state index in [0.717, 1.165) is 40.3 Å². The highest BCUT2D eigenvalue weighted by molar-refractivity contribution is 8.00. The van der Waals surface area contributed by atoms with Crippen LogP contribution in [0, 0.1) is 0 Å². The van der Waals surface area contributed by atoms with Crippen molar-refractivity contribution in [2.75, 3.05) is 12.0 Å². The number of fused-ring (bicyclic) bond motifs is 5. The summed E-state index contributed by atoms with van der Waals surface area (Å²) in [6, 6.07) is 10.2. The topological polar surface area (TPSA) is 81.4 Å². The van der Waals surface area contributed by atoms with Crippen molar-refractivity contribution in [2.45, 2.75) is 68.6 Å². The molecule has 1 aliphatic rings. The van der Waals surface area contributed by atoms with E-state index >= 15 is 0 Å². The Kier molecular flexibility index (Phi) is 7.07. The van der Waals surface area contributed by atoms with E-state index in [9.17, 15) is 4.79 Å². The molecule has 1 aromatic carbocycles. The second-order valence-corrected chi connectivity index (χ2v) is 11.9. The Morgan fingerprint density at radius 1 is 1.29 bits per heavy atom. The van der Waals surface area contributed by atoms with Crippen LogP contribution in [-0.2, 0) is 29.0 Å². The molecule has 1 aliphatic heterocycles. The van der Waals surface area contributed by atoms with Crippen LogP contribution in [-0.4, -0.2) is 49.1 Å². The summed E-state index contributed by atoms with van der Waals surface area (Å²) in [6.45, 7) is 6.97. The maximum Gasteiger partial charge on any atom is 0.230 e. The van der Waals surface area contributed by atoms with Gasteiger partial charge in [0.2, 0.25) is 5.91 Å². The summed E-state index contributed by atoms with van der Waals surface area (Å²) in [7, 11) is 0. The quantitative estimate of drug-likeness (QED) is 0.251. The maximum absolute atomic E-state index is 12.7. The molecular formula is C25H29N5O2S3. The van der Waals surface area contributed by atoms with E-state index in [1.54, 1.807) is 23.1 Å². The maximum atomic E-state index is 12.7. The monoisotopic (exact) mass is 527 g/mol. The van der Waals surface area contributed by atoms with Crippen LogP contribution in [0.4, 0.5) is 0 Å². The second kappa shape index (κ2) is 10.1. The zero-order valence-corrected chi connectivity index (χ0v) is 22.8. The summed E-state index contributed by atoms with van der Waals surface area (Å²) in [5, 5.41) is 14.7. The van der Waals surface area contributed by atoms with Gasteiger partial charge in [0.25, 0.3) is 0 Å². The normalized spacial score (nSPS) is 18.6. The van der Waals surface area contributed by atoms with E-state index in [1.807, 2.05) is 35.8 Å². The largest absolute Gasteiger partial charge is 0.369 e. The minimum atomic E-state index is -0.178. The minimum absolute atomic E-state index is 0.0151. The molecule has 3 aromatic heterocycles. The van der Waals surface area contributed by atoms with Gasteiger partial charge >= 0.3 is 0 Å². The van der Waals surface area contributed by atoms with E-state index in [0.29, 0.717) is 11.8 Å². The van der Waals surface area contributed by atoms with Crippen LogP contribution >= 0.6 is 34.9 Å². The third kappa shape index (κ3) is 4.94. The first kappa shape index (κ1) is 24.5. The molecule has 7 nitrogen and oxygen atoms in total. The van der Waals surface area contributed by atoms with Gasteiger partial charge in [0.15, 0.2) is 16.0 Å². The van der Waals surface area contributed by atoms with Crippen LogP contribution in [0.1, 0.15) is 43.2 Å². The van der Waals surface area contributed by atoms with Gasteiger partial charge in [-0.25, -0.2) is 9.38 Å². The van der Waals surface area contributed by atoms with Crippen molar-refractivity contribution < 1.29 is 9.53 Å². The number of thioether (sulfide) groups is 2. The van der Waals surface area contributed by atoms with Crippen LogP contribution in [0.2, 0.25) is 0 Å². The van der Waals surface area contributed by atoms with Crippen molar-refractivity contribution in [3.05, 3.63) is 46.3 Å². The summed E-state index contributed by atoms with van der Waals surface area (Å²) in [5.74, 6) is 0.258. The molecule has 2 atom stereocenters. The van der Waals surface area contributed by atoms with E-state index in [2.05, 4.69) is 41.5 Å². The number of rotatable bonds is 8. The Morgan fingerprint density at radius 3 is 2.83 bits per heavy atom. The third-order valence-corrected chi connectivity index (χ3v) is 9.14. The highest BCUT2D eigenvalue weighted by atomic mass is 32.2. The fourth-order valence-corrected chi connectivity index (χ4v) is 6.93. The van der Waals surface area contributed by atoms with E-state index in [4.69, 9.17) is 9.72 Å². The Labute approximate surface area is 217 Å². The van der Waals surface area contributed by atoms with Gasteiger partial charge in [-0.1, -0.05) is 60.8 Å². The molecule has 0 radical (unpaired) electrons. The molecule has 0 aliphatic carbocycles. The second-order valence-electron chi connectivity index (χ2n) is 9.14. The molecule has 5 rings (SSSR count). The lowest BCUT2D eigenvalue weighted by Gasteiger charge is -2.32. The predicted molar refractivity (Wildman–Crippen MR) is 144 cm³/mol. The van der Waals surface area contributed by atoms with E-state index in [1.165, 1.54) is 27.8 Å². The van der Waals surface area contributed by atoms with Gasteiger partial charge < -0.3 is 10.1 Å². The molecule has 0 saturated heterocycles. The van der Waals surface area contributed by atoms with Gasteiger partial charge in [-0.3, -0.25) is 4.79 Å². The number of hydrogen-bond acceptors (Lipinski definition) is 8. The summed E-state index contributed by atoms with van der Waals surface area (Å²) in [4.78, 5) is 19.8. The summed E-state index contributed by atoms with van der Waals surface area (Å²) in [6.07, 6.45) is 4.59. The fourth-order valence-electron chi connectivity index (χ4n) is 4.44. The van der Waals surface area contributed by atoms with E-state index in [-0.39, 0.29) is 23.3 Å². The number of carbonyl (C=O) groups is 1. The molecule has 4 heterocycles. The van der Waals surface area contributed by atoms with Gasteiger partial charge in [-0.05, 0) is 44.1 Å². The lowest BCUT2D eigenvalue weighted by molar-refractivity contribution is -0.119. The molecule has 0 spiro atoms. The molecule has 4 aromatic rings. The van der Waals surface area contributed by atoms with Crippen LogP contribution < -0.4 is 5.32 Å². The van der Waals surface area contributed by atoms with Crippen molar-refractivity contribution in [3.8, 4) is 0 Å². The fraction of sp³-hybridized carbons (Fsp3) is 0.440. The van der Waals surface area contributed by atoms with Crippen molar-refractivity contribution in [2.24, 2.45) is 0 Å². The van der Waals surface area contributed by atoms with Gasteiger partial charge in [0, 0.05) is 17.3 Å². The van der Waals surface area contributed by atoms with Crippen LogP contribution in [0.15, 0.2) is 40.6 Å². The summed E-state index contributed by atoms with van der Waals surface area (Å²) in [5.41, 5.74) is 3.13. The molecule has 0 bridgehead atoms. The number of aromatic nitrogens is 4. The first-order chi connectivity index (χ1) is 16.9. The van der Waals surface area contributed by atoms with Crippen molar-refractivity contribution in [1.29, 1.82) is 0 Å². The molecule has 1 amide bonds. The molecule has 1 N–H and O–H groups in total. The average molecular weight is 528 g/mol. The molecule has 184 valence electrons. The first-order valence-corrected chi connectivity index (χ1v) is 14.8. The van der Waals surface area contributed by atoms with Crippen molar-refractivity contribution >= 4 is 56.6 Å². The summed E-state index contributed by atoms with van der Waals surface area (Å²) < 4.78 is 8.17. The van der Waals surface area contributed by atoms with Crippen molar-refractivity contribution in [1.82, 2.24) is 24.9 Å². The number of benzene rings is 1. The zero-order chi connectivity index (χ0) is 24.6. The number of carbonyl (C=O) groups excluding carboxylic acids is 1. The van der Waals surface area contributed by atoms with Crippen LogP contribution in [0.5, 0.6) is 0 Å². The van der Waals surface area contributed by atoms with Gasteiger partial charge in [0.05, 0.1) is 23.3 Å². The predicted octanol–water partition coefficient (Wildman–Crippen LogP) is 5.14. The highest BCUT2D eigenvalue weighted by Crippen LogP contribution is 2.42. The van der Waals surface area contributed by atoms with Gasteiger partial charge in [0.1, 0.15) is 4.83 Å². The highest BCUT2D eigenvalue weighted by Gasteiger charge is 2.33. The Hall–Kier alpha value is -2.14. The number of amides is 1. The summed E-state index contributed by atoms with van der Waals surface area (Å²) >= 11 is 4.65. The zero-order valence-electron chi connectivity index (χ0n) is 20.3. The average Bonchev–Trinajstić information content (AvgIpc) is 3.43. The molecule has 10 heteroatoms. The molecule has 35 heavy (non-hydrogen) atoms. The van der Waals surface area contributed by atoms with E-state index < -0.39 is 0 Å². The lowest BCUT2D eigenvalue weighted by atomic mass is 9.90. The Bertz CT molecular complexity index is 1370. The number of ether oxygens (including phenoxy) is 1. The molecule has 0 unspecified atom stereocenters. The first-order valence-electron chi connectivity index (χ1n) is 11.7. The molecule has 0 saturated carbocycles. The smallest absolute Gasteiger partial charge is 0.230 e. The number of thiophene rings is 1. The van der Waals surface area contributed by atoms with Crippen LogP contribution in [0.25, 0.3) is 15.9 Å². The van der Waals surface area contributed by atoms with Crippen molar-refractivity contribution in [3.63, 3.8) is 0 Å². The minimum Gasteiger partial charge on any atom is -0.369 e. The third-order valence-electron chi connectivity index (χ3n) is 6.47. The lowest BCUT2D eigenvalue weighted by Crippen LogP contribution is -2.35. The Morgan fingerprint density at radius 2 is 2.09 bits per heavy atom. The molecular weight excluding hydrogens is 499 g/mol. The standard InChI is InChI=1S/C25H29N5O2S3/c1-5-25(3)12-17-18(13-32-25)35-22-20(17)21-28-29-24(30(21)23(27-22)33-4)34-14-19(31)26-15(2)11-16-9-7-6-8-10-16/h6-10,15H,5,11-14H2,1-4H3,(H,26,31)/t15-,25-/m0/s1. The van der Waals surface area contributed by atoms with Crippen LogP contribution in [0.3, 0.4) is 0 Å². The number of nitrogens with zero attached hydrogens (tertiary/aromatic N) is 4. The van der Waals surface area contributed by atoms with Gasteiger partial charge in [-0.2, -0.15) is 0 Å². The SMILES string of the molecule is CC[C@@]1(C)Cc2c(sc3nc(SC)n4c(SCC(=O)N[C@@H](C)Cc5ccccc5)nnc4c23)CO1. The van der Waals surface area contributed by atoms with Gasteiger partial charge in [-0.15, -0.1) is 21.5 Å². The number of nitrogens with one attached hydrogen (secondary N) is 1. The number of hydrogen-bond donors (Lipinski definition) is 1.